The highest BCUT2D eigenvalue weighted by atomic mass is 16.5. The lowest BCUT2D eigenvalue weighted by Crippen LogP contribution is -2.32. The van der Waals surface area contributed by atoms with E-state index in [1.165, 1.54) is 61.6 Å². The molecule has 0 amide bonds. The van der Waals surface area contributed by atoms with Gasteiger partial charge in [0.2, 0.25) is 0 Å². The minimum Gasteiger partial charge on any atom is -0.377 e. The highest BCUT2D eigenvalue weighted by Gasteiger charge is 2.30. The van der Waals surface area contributed by atoms with Gasteiger partial charge in [-0.15, -0.1) is 0 Å². The molecule has 1 fully saturated rings. The molecule has 0 radical (unpaired) electrons. The summed E-state index contributed by atoms with van der Waals surface area (Å²) in [5.74, 6) is 0.952. The number of aryl methyl sites for hydroxylation is 1. The summed E-state index contributed by atoms with van der Waals surface area (Å²) < 4.78 is 13.0. The Balaban J connectivity index is 1.55. The summed E-state index contributed by atoms with van der Waals surface area (Å²) in [4.78, 5) is 0. The van der Waals surface area contributed by atoms with Crippen molar-refractivity contribution < 1.29 is 9.47 Å². The SMILES string of the molecule is CC(OC1CCc2cc(CC(OCCCC3CCCCC3)C(C)(C)C)ccc21)C(C)(C)C. The summed E-state index contributed by atoms with van der Waals surface area (Å²) in [6.07, 6.45) is 13.8. The Hall–Kier alpha value is -0.860. The first-order valence-electron chi connectivity index (χ1n) is 13.4. The van der Waals surface area contributed by atoms with Gasteiger partial charge in [0.05, 0.1) is 18.3 Å². The van der Waals surface area contributed by atoms with E-state index in [1.54, 1.807) is 0 Å². The monoisotopic (exact) mass is 442 g/mol. The van der Waals surface area contributed by atoms with Gasteiger partial charge in [-0.05, 0) is 72.5 Å². The summed E-state index contributed by atoms with van der Waals surface area (Å²) in [6, 6.07) is 7.09. The molecule has 0 N–H and O–H groups in total. The Bertz CT molecular complexity index is 703. The van der Waals surface area contributed by atoms with Crippen molar-refractivity contribution in [1.29, 1.82) is 0 Å². The normalized spacial score (nSPS) is 22.0. The Morgan fingerprint density at radius 2 is 1.66 bits per heavy atom. The molecule has 2 heteroatoms. The van der Waals surface area contributed by atoms with E-state index in [2.05, 4.69) is 66.7 Å². The van der Waals surface area contributed by atoms with Crippen molar-refractivity contribution in [2.24, 2.45) is 16.7 Å². The molecule has 1 aromatic rings. The second-order valence-corrected chi connectivity index (χ2v) is 12.8. The lowest BCUT2D eigenvalue weighted by Gasteiger charge is -2.32. The second-order valence-electron chi connectivity index (χ2n) is 12.8. The second kappa shape index (κ2) is 11.0. The van der Waals surface area contributed by atoms with Gasteiger partial charge in [-0.2, -0.15) is 0 Å². The van der Waals surface area contributed by atoms with Gasteiger partial charge < -0.3 is 9.47 Å². The van der Waals surface area contributed by atoms with Gasteiger partial charge in [0, 0.05) is 6.61 Å². The molecule has 0 aromatic heterocycles. The van der Waals surface area contributed by atoms with Crippen LogP contribution in [0.4, 0.5) is 0 Å². The fourth-order valence-electron chi connectivity index (χ4n) is 5.25. The zero-order valence-corrected chi connectivity index (χ0v) is 22.1. The van der Waals surface area contributed by atoms with E-state index in [0.717, 1.165) is 31.8 Å². The highest BCUT2D eigenvalue weighted by Crippen LogP contribution is 2.38. The number of benzene rings is 1. The van der Waals surface area contributed by atoms with Crippen molar-refractivity contribution in [2.75, 3.05) is 6.61 Å². The molecule has 0 bridgehead atoms. The molecule has 1 aromatic carbocycles. The Kier molecular flexibility index (Phi) is 8.89. The topological polar surface area (TPSA) is 18.5 Å². The summed E-state index contributed by atoms with van der Waals surface area (Å²) in [7, 11) is 0. The summed E-state index contributed by atoms with van der Waals surface area (Å²) in [5.41, 5.74) is 4.64. The maximum atomic E-state index is 6.51. The van der Waals surface area contributed by atoms with Gasteiger partial charge in [-0.3, -0.25) is 0 Å². The van der Waals surface area contributed by atoms with E-state index in [9.17, 15) is 0 Å². The van der Waals surface area contributed by atoms with Crippen molar-refractivity contribution in [3.8, 4) is 0 Å². The van der Waals surface area contributed by atoms with Crippen LogP contribution in [0.2, 0.25) is 0 Å². The first kappa shape index (κ1) is 25.8. The van der Waals surface area contributed by atoms with Gasteiger partial charge in [0.15, 0.2) is 0 Å². The number of hydrogen-bond donors (Lipinski definition) is 0. The molecular weight excluding hydrogens is 392 g/mol. The summed E-state index contributed by atoms with van der Waals surface area (Å²) in [6.45, 7) is 16.9. The van der Waals surface area contributed by atoms with Crippen molar-refractivity contribution in [1.82, 2.24) is 0 Å². The van der Waals surface area contributed by atoms with Crippen molar-refractivity contribution in [3.05, 3.63) is 34.9 Å². The van der Waals surface area contributed by atoms with Crippen molar-refractivity contribution in [2.45, 2.75) is 131 Å². The van der Waals surface area contributed by atoms with Crippen LogP contribution >= 0.6 is 0 Å². The number of fused-ring (bicyclic) bond motifs is 1. The van der Waals surface area contributed by atoms with Crippen LogP contribution in [0.15, 0.2) is 18.2 Å². The smallest absolute Gasteiger partial charge is 0.0834 e. The minimum atomic E-state index is 0.150. The molecule has 32 heavy (non-hydrogen) atoms. The van der Waals surface area contributed by atoms with Crippen LogP contribution in [-0.2, 0) is 22.3 Å². The van der Waals surface area contributed by atoms with E-state index < -0.39 is 0 Å². The minimum absolute atomic E-state index is 0.150. The molecule has 3 rings (SSSR count). The molecule has 1 saturated carbocycles. The Morgan fingerprint density at radius 3 is 2.31 bits per heavy atom. The predicted molar refractivity (Wildman–Crippen MR) is 136 cm³/mol. The molecule has 0 aliphatic heterocycles. The molecule has 0 saturated heterocycles. The summed E-state index contributed by atoms with van der Waals surface area (Å²) >= 11 is 0. The molecule has 2 nitrogen and oxygen atoms in total. The van der Waals surface area contributed by atoms with E-state index in [4.69, 9.17) is 9.47 Å². The summed E-state index contributed by atoms with van der Waals surface area (Å²) in [5, 5.41) is 0. The number of hydrogen-bond acceptors (Lipinski definition) is 2. The van der Waals surface area contributed by atoms with Gasteiger partial charge in [-0.1, -0.05) is 91.8 Å². The molecule has 3 atom stereocenters. The third-order valence-electron chi connectivity index (χ3n) is 8.01. The third-order valence-corrected chi connectivity index (χ3v) is 8.01. The highest BCUT2D eigenvalue weighted by molar-refractivity contribution is 5.37. The van der Waals surface area contributed by atoms with Crippen LogP contribution in [0.5, 0.6) is 0 Å². The van der Waals surface area contributed by atoms with Gasteiger partial charge in [0.1, 0.15) is 0 Å². The van der Waals surface area contributed by atoms with Gasteiger partial charge >= 0.3 is 0 Å². The zero-order chi connectivity index (χ0) is 23.4. The largest absolute Gasteiger partial charge is 0.377 e. The van der Waals surface area contributed by atoms with Crippen LogP contribution in [-0.4, -0.2) is 18.8 Å². The molecule has 2 aliphatic rings. The van der Waals surface area contributed by atoms with Gasteiger partial charge in [-0.25, -0.2) is 0 Å². The van der Waals surface area contributed by atoms with Crippen LogP contribution in [0, 0.1) is 16.7 Å². The molecule has 182 valence electrons. The average Bonchev–Trinajstić information content (AvgIpc) is 3.11. The van der Waals surface area contributed by atoms with Crippen LogP contribution < -0.4 is 0 Å². The lowest BCUT2D eigenvalue weighted by molar-refractivity contribution is -0.0563. The zero-order valence-electron chi connectivity index (χ0n) is 22.1. The first-order chi connectivity index (χ1) is 15.0. The molecule has 2 aliphatic carbocycles. The standard InChI is InChI=1S/C30H50O2/c1-22(29(2,3)4)32-27-18-16-25-20-24(15-17-26(25)27)21-28(30(5,6)7)31-19-11-14-23-12-9-8-10-13-23/h15,17,20,22-23,27-28H,8-14,16,18-19,21H2,1-7H3. The van der Waals surface area contributed by atoms with Gasteiger partial charge in [0.25, 0.3) is 0 Å². The average molecular weight is 443 g/mol. The maximum Gasteiger partial charge on any atom is 0.0834 e. The van der Waals surface area contributed by atoms with Crippen LogP contribution in [0.1, 0.15) is 123 Å². The Labute approximate surface area is 198 Å². The Morgan fingerprint density at radius 1 is 0.938 bits per heavy atom. The van der Waals surface area contributed by atoms with E-state index in [-0.39, 0.29) is 29.1 Å². The van der Waals surface area contributed by atoms with Crippen LogP contribution in [0.3, 0.4) is 0 Å². The molecule has 3 unspecified atom stereocenters. The fourth-order valence-corrected chi connectivity index (χ4v) is 5.25. The van der Waals surface area contributed by atoms with E-state index in [0.29, 0.717) is 0 Å². The maximum absolute atomic E-state index is 6.51. The lowest BCUT2D eigenvalue weighted by atomic mass is 9.84. The quantitative estimate of drug-likeness (QED) is 0.357. The van der Waals surface area contributed by atoms with E-state index in [1.807, 2.05) is 0 Å². The van der Waals surface area contributed by atoms with E-state index >= 15 is 0 Å². The van der Waals surface area contributed by atoms with Crippen molar-refractivity contribution in [3.63, 3.8) is 0 Å². The van der Waals surface area contributed by atoms with Crippen LogP contribution in [0.25, 0.3) is 0 Å². The fraction of sp³-hybridized carbons (Fsp3) is 0.800. The molecule has 0 heterocycles. The first-order valence-corrected chi connectivity index (χ1v) is 13.4. The molecule has 0 spiro atoms. The number of rotatable bonds is 9. The van der Waals surface area contributed by atoms with Crippen molar-refractivity contribution >= 4 is 0 Å². The molecular formula is C30H50O2. The predicted octanol–water partition coefficient (Wildman–Crippen LogP) is 8.46. The number of ether oxygens (including phenoxy) is 2. The third kappa shape index (κ3) is 7.32.